The van der Waals surface area contributed by atoms with Crippen molar-refractivity contribution in [3.63, 3.8) is 0 Å². The molecule has 1 fully saturated rings. The molecular formula is C3H5S2. The van der Waals surface area contributed by atoms with Crippen molar-refractivity contribution in [3.8, 4) is 0 Å². The minimum Gasteiger partial charge on any atom is -0.156 e. The van der Waals surface area contributed by atoms with E-state index in [1.54, 1.807) is 0 Å². The Kier molecular flexibility index (Phi) is 1.11. The second-order valence-electron chi connectivity index (χ2n) is 1.12. The highest BCUT2D eigenvalue weighted by Gasteiger charge is 2.19. The number of hydrogen-bond acceptors (Lipinski definition) is 1. The van der Waals surface area contributed by atoms with E-state index in [2.05, 4.69) is 0 Å². The van der Waals surface area contributed by atoms with Crippen LogP contribution in [0.5, 0.6) is 0 Å². The molecule has 0 aliphatic carbocycles. The average molecular weight is 105 g/mol. The molecule has 0 nitrogen and oxygen atoms in total. The van der Waals surface area contributed by atoms with Gasteiger partial charge in [0, 0.05) is 16.8 Å². The van der Waals surface area contributed by atoms with Crippen molar-refractivity contribution in [2.45, 2.75) is 5.25 Å². The molecule has 2 heteroatoms. The van der Waals surface area contributed by atoms with E-state index < -0.39 is 0 Å². The van der Waals surface area contributed by atoms with Gasteiger partial charge in [-0.3, -0.25) is 0 Å². The zero-order valence-electron chi connectivity index (χ0n) is 2.81. The maximum absolute atomic E-state index is 4.72. The smallest absolute Gasteiger partial charge is 0.0237 e. The van der Waals surface area contributed by atoms with E-state index in [4.69, 9.17) is 12.6 Å². The molecule has 1 radical (unpaired) electrons. The third-order valence-corrected chi connectivity index (χ3v) is 2.17. The summed E-state index contributed by atoms with van der Waals surface area (Å²) < 4.78 is 0. The second-order valence-corrected chi connectivity index (χ2v) is 2.79. The van der Waals surface area contributed by atoms with Crippen LogP contribution in [0.2, 0.25) is 0 Å². The Morgan fingerprint density at radius 2 is 2.60 bits per heavy atom. The molecule has 1 aliphatic rings. The van der Waals surface area contributed by atoms with Gasteiger partial charge in [-0.2, -0.15) is 11.8 Å². The lowest BCUT2D eigenvalue weighted by Gasteiger charge is -1.68. The van der Waals surface area contributed by atoms with Crippen molar-refractivity contribution in [1.82, 2.24) is 0 Å². The summed E-state index contributed by atoms with van der Waals surface area (Å²) in [5.41, 5.74) is 0. The van der Waals surface area contributed by atoms with Crippen LogP contribution in [0.25, 0.3) is 0 Å². The predicted octanol–water partition coefficient (Wildman–Crippen LogP) is 1.30. The third kappa shape index (κ3) is 1.05. The van der Waals surface area contributed by atoms with Gasteiger partial charge in [0.15, 0.2) is 0 Å². The lowest BCUT2D eigenvalue weighted by Crippen LogP contribution is -1.78. The van der Waals surface area contributed by atoms with Crippen LogP contribution in [-0.4, -0.2) is 16.8 Å². The molecule has 1 unspecified atom stereocenters. The van der Waals surface area contributed by atoms with Crippen LogP contribution in [-0.2, 0) is 0 Å². The molecule has 5 heavy (non-hydrogen) atoms. The Morgan fingerprint density at radius 1 is 2.00 bits per heavy atom. The first-order valence-corrected chi connectivity index (χ1v) is 3.26. The molecule has 1 heterocycles. The average Bonchev–Trinajstić information content (AvgIpc) is 2.12. The molecule has 0 aromatic rings. The van der Waals surface area contributed by atoms with E-state index in [-0.39, 0.29) is 0 Å². The first-order valence-electron chi connectivity index (χ1n) is 1.63. The predicted molar refractivity (Wildman–Crippen MR) is 28.7 cm³/mol. The van der Waals surface area contributed by atoms with E-state index in [0.717, 1.165) is 11.0 Å². The second kappa shape index (κ2) is 1.43. The van der Waals surface area contributed by atoms with Gasteiger partial charge in [-0.1, -0.05) is 12.6 Å². The number of rotatable bonds is 1. The molecule has 0 spiro atoms. The number of hydrogen-bond donors (Lipinski definition) is 0. The Labute approximate surface area is 41.7 Å². The zero-order chi connectivity index (χ0) is 3.70. The first kappa shape index (κ1) is 3.88. The summed E-state index contributed by atoms with van der Waals surface area (Å²) in [6.45, 7) is 0. The molecule has 0 bridgehead atoms. The molecule has 0 amide bonds. The standard InChI is InChI=1S/C3H5S2/c4-1-3-2-5-3/h3H,1-2H2. The minimum atomic E-state index is 0.866. The fourth-order valence-corrected chi connectivity index (χ4v) is 1.07. The highest BCUT2D eigenvalue weighted by Crippen LogP contribution is 2.30. The van der Waals surface area contributed by atoms with Gasteiger partial charge in [-0.25, -0.2) is 0 Å². The Morgan fingerprint density at radius 3 is 2.60 bits per heavy atom. The van der Waals surface area contributed by atoms with Crippen LogP contribution in [0, 0.1) is 0 Å². The van der Waals surface area contributed by atoms with Gasteiger partial charge in [0.2, 0.25) is 0 Å². The van der Waals surface area contributed by atoms with Crippen LogP contribution in [0.4, 0.5) is 0 Å². The summed E-state index contributed by atoms with van der Waals surface area (Å²) >= 11 is 6.68. The largest absolute Gasteiger partial charge is 0.156 e. The topological polar surface area (TPSA) is 0 Å². The lowest BCUT2D eigenvalue weighted by atomic mass is 10.6. The van der Waals surface area contributed by atoms with Gasteiger partial charge in [0.1, 0.15) is 0 Å². The summed E-state index contributed by atoms with van der Waals surface area (Å²) in [6, 6.07) is 0. The molecule has 29 valence electrons. The van der Waals surface area contributed by atoms with E-state index in [9.17, 15) is 0 Å². The van der Waals surface area contributed by atoms with Gasteiger partial charge < -0.3 is 0 Å². The van der Waals surface area contributed by atoms with E-state index in [1.165, 1.54) is 5.75 Å². The molecule has 1 aliphatic heterocycles. The summed E-state index contributed by atoms with van der Waals surface area (Å²) in [5.74, 6) is 2.29. The molecule has 1 saturated heterocycles. The lowest BCUT2D eigenvalue weighted by molar-refractivity contribution is 1.28. The van der Waals surface area contributed by atoms with Gasteiger partial charge in [0.25, 0.3) is 0 Å². The summed E-state index contributed by atoms with van der Waals surface area (Å²) in [5, 5.41) is 0.866. The molecule has 0 saturated carbocycles. The van der Waals surface area contributed by atoms with Crippen LogP contribution < -0.4 is 0 Å². The highest BCUT2D eigenvalue weighted by molar-refractivity contribution is 8.07. The minimum absolute atomic E-state index is 0.866. The van der Waals surface area contributed by atoms with Crippen molar-refractivity contribution in [2.75, 3.05) is 11.5 Å². The van der Waals surface area contributed by atoms with E-state index in [1.807, 2.05) is 11.8 Å². The van der Waals surface area contributed by atoms with Gasteiger partial charge >= 0.3 is 0 Å². The van der Waals surface area contributed by atoms with Crippen molar-refractivity contribution in [2.24, 2.45) is 0 Å². The van der Waals surface area contributed by atoms with E-state index in [0.29, 0.717) is 0 Å². The number of thioether (sulfide) groups is 1. The van der Waals surface area contributed by atoms with Crippen LogP contribution >= 0.6 is 24.4 Å². The van der Waals surface area contributed by atoms with Crippen LogP contribution in [0.1, 0.15) is 0 Å². The Bertz CT molecular complexity index is 31.9. The monoisotopic (exact) mass is 105 g/mol. The Hall–Kier alpha value is 0.700. The molecule has 0 N–H and O–H groups in total. The van der Waals surface area contributed by atoms with Crippen molar-refractivity contribution < 1.29 is 0 Å². The van der Waals surface area contributed by atoms with Crippen molar-refractivity contribution in [3.05, 3.63) is 0 Å². The first-order chi connectivity index (χ1) is 2.43. The highest BCUT2D eigenvalue weighted by atomic mass is 32.2. The SMILES string of the molecule is [S]CC1CS1. The van der Waals surface area contributed by atoms with Crippen LogP contribution in [0.3, 0.4) is 0 Å². The maximum atomic E-state index is 4.72. The molecule has 1 rings (SSSR count). The Balaban J connectivity index is 2.00. The summed E-state index contributed by atoms with van der Waals surface area (Å²) in [7, 11) is 0. The van der Waals surface area contributed by atoms with Gasteiger partial charge in [0.05, 0.1) is 0 Å². The fourth-order valence-electron chi connectivity index (χ4n) is 0.164. The normalized spacial score (nSPS) is 34.2. The molecular weight excluding hydrogens is 100 g/mol. The fraction of sp³-hybridized carbons (Fsp3) is 1.00. The summed E-state index contributed by atoms with van der Waals surface area (Å²) in [6.07, 6.45) is 0. The zero-order valence-corrected chi connectivity index (χ0v) is 4.44. The third-order valence-electron chi connectivity index (χ3n) is 0.588. The summed E-state index contributed by atoms with van der Waals surface area (Å²) in [4.78, 5) is 0. The van der Waals surface area contributed by atoms with Crippen molar-refractivity contribution in [1.29, 1.82) is 0 Å². The molecule has 0 aromatic heterocycles. The van der Waals surface area contributed by atoms with E-state index >= 15 is 0 Å². The van der Waals surface area contributed by atoms with Crippen LogP contribution in [0.15, 0.2) is 0 Å². The van der Waals surface area contributed by atoms with Crippen molar-refractivity contribution >= 4 is 24.4 Å². The molecule has 0 aromatic carbocycles. The molecule has 1 atom stereocenters. The van der Waals surface area contributed by atoms with Gasteiger partial charge in [-0.05, 0) is 0 Å². The quantitative estimate of drug-likeness (QED) is 0.453. The van der Waals surface area contributed by atoms with Gasteiger partial charge in [-0.15, -0.1) is 0 Å². The maximum Gasteiger partial charge on any atom is 0.0237 e.